The van der Waals surface area contributed by atoms with Crippen molar-refractivity contribution in [2.24, 2.45) is 5.92 Å². The van der Waals surface area contributed by atoms with E-state index in [1.54, 1.807) is 0 Å². The van der Waals surface area contributed by atoms with Crippen molar-refractivity contribution in [3.8, 4) is 11.8 Å². The standard InChI is InChI=1S/C33H36N2O/c1-7-27-13-11-22(2)17-31(27)26(6)25(5)18-32(36)29-14-12-24(4)28(19-29)15-16-30-20-34-33-10-8-9-23(3)21-35(30)33/h8-14,17,19-20,25-26H,7,18,21H2,1-6H3. The smallest absolute Gasteiger partial charge is 0.163 e. The highest BCUT2D eigenvalue weighted by Gasteiger charge is 2.21. The molecule has 4 rings (SSSR count). The molecule has 1 aliphatic rings. The molecule has 0 amide bonds. The number of aryl methyl sites for hydroxylation is 3. The van der Waals surface area contributed by atoms with Crippen LogP contribution in [-0.4, -0.2) is 15.3 Å². The Labute approximate surface area is 216 Å². The molecular formula is C33H36N2O. The van der Waals surface area contributed by atoms with E-state index in [0.717, 1.165) is 41.2 Å². The van der Waals surface area contributed by atoms with Gasteiger partial charge in [0.05, 0.1) is 6.20 Å². The third-order valence-corrected chi connectivity index (χ3v) is 7.34. The molecule has 2 heterocycles. The summed E-state index contributed by atoms with van der Waals surface area (Å²) in [5, 5.41) is 0. The van der Waals surface area contributed by atoms with Gasteiger partial charge in [-0.25, -0.2) is 4.98 Å². The van der Waals surface area contributed by atoms with Crippen LogP contribution in [0.5, 0.6) is 0 Å². The normalized spacial score (nSPS) is 14.2. The van der Waals surface area contributed by atoms with Gasteiger partial charge >= 0.3 is 0 Å². The summed E-state index contributed by atoms with van der Waals surface area (Å²) in [5.41, 5.74) is 8.85. The Morgan fingerprint density at radius 3 is 2.67 bits per heavy atom. The van der Waals surface area contributed by atoms with E-state index in [1.807, 2.05) is 43.5 Å². The first kappa shape index (κ1) is 25.5. The monoisotopic (exact) mass is 476 g/mol. The second-order valence-electron chi connectivity index (χ2n) is 10.2. The van der Waals surface area contributed by atoms with Gasteiger partial charge in [0.25, 0.3) is 0 Å². The largest absolute Gasteiger partial charge is 0.314 e. The van der Waals surface area contributed by atoms with Crippen molar-refractivity contribution < 1.29 is 4.79 Å². The molecule has 0 spiro atoms. The van der Waals surface area contributed by atoms with E-state index in [9.17, 15) is 4.79 Å². The van der Waals surface area contributed by atoms with Gasteiger partial charge in [-0.05, 0) is 73.8 Å². The molecule has 0 aliphatic carbocycles. The Balaban J connectivity index is 1.53. The highest BCUT2D eigenvalue weighted by atomic mass is 16.1. The van der Waals surface area contributed by atoms with Crippen molar-refractivity contribution in [1.82, 2.24) is 9.55 Å². The van der Waals surface area contributed by atoms with Crippen LogP contribution in [0.1, 0.15) is 89.7 Å². The minimum atomic E-state index is 0.173. The van der Waals surface area contributed by atoms with E-state index in [1.165, 1.54) is 22.3 Å². The maximum Gasteiger partial charge on any atom is 0.163 e. The van der Waals surface area contributed by atoms with Gasteiger partial charge in [0.2, 0.25) is 0 Å². The van der Waals surface area contributed by atoms with Gasteiger partial charge in [0, 0.05) is 24.1 Å². The number of hydrogen-bond acceptors (Lipinski definition) is 2. The number of hydrogen-bond donors (Lipinski definition) is 0. The first-order valence-electron chi connectivity index (χ1n) is 12.9. The Kier molecular flexibility index (Phi) is 7.75. The number of allylic oxidation sites excluding steroid dienone is 3. The molecule has 0 saturated carbocycles. The molecule has 2 atom stereocenters. The number of benzene rings is 2. The van der Waals surface area contributed by atoms with Crippen LogP contribution in [0.15, 0.2) is 60.3 Å². The van der Waals surface area contributed by atoms with Crippen LogP contribution in [0.25, 0.3) is 6.08 Å². The van der Waals surface area contributed by atoms with Crippen LogP contribution in [0, 0.1) is 31.6 Å². The molecule has 184 valence electrons. The van der Waals surface area contributed by atoms with Crippen molar-refractivity contribution in [3.63, 3.8) is 0 Å². The Morgan fingerprint density at radius 2 is 1.89 bits per heavy atom. The van der Waals surface area contributed by atoms with Crippen LogP contribution in [0.4, 0.5) is 0 Å². The van der Waals surface area contributed by atoms with Crippen molar-refractivity contribution in [3.05, 3.63) is 105 Å². The topological polar surface area (TPSA) is 34.9 Å². The van der Waals surface area contributed by atoms with Crippen LogP contribution < -0.4 is 0 Å². The number of rotatable bonds is 6. The SMILES string of the molecule is CCc1ccc(C)cc1C(C)C(C)CC(=O)c1ccc(C)c(C#Cc2cnc3n2CC(C)=CC=C3)c1. The Morgan fingerprint density at radius 1 is 1.08 bits per heavy atom. The van der Waals surface area contributed by atoms with Crippen molar-refractivity contribution >= 4 is 11.9 Å². The quantitative estimate of drug-likeness (QED) is 0.274. The number of nitrogens with zero attached hydrogens (tertiary/aromatic N) is 2. The van der Waals surface area contributed by atoms with Crippen LogP contribution in [-0.2, 0) is 13.0 Å². The van der Waals surface area contributed by atoms with Gasteiger partial charge in [0.15, 0.2) is 5.78 Å². The first-order chi connectivity index (χ1) is 17.3. The fourth-order valence-corrected chi connectivity index (χ4v) is 4.80. The van der Waals surface area contributed by atoms with E-state index in [-0.39, 0.29) is 11.7 Å². The second kappa shape index (κ2) is 11.0. The second-order valence-corrected chi connectivity index (χ2v) is 10.2. The number of Topliss-reactive ketones (excluding diaryl/α,β-unsaturated/α-hetero) is 1. The lowest BCUT2D eigenvalue weighted by molar-refractivity contribution is 0.0959. The Bertz CT molecular complexity index is 1410. The van der Waals surface area contributed by atoms with Gasteiger partial charge in [-0.15, -0.1) is 0 Å². The third kappa shape index (κ3) is 5.60. The number of carbonyl (C=O) groups is 1. The number of ketones is 1. The maximum absolute atomic E-state index is 13.3. The minimum Gasteiger partial charge on any atom is -0.314 e. The van der Waals surface area contributed by atoms with E-state index in [4.69, 9.17) is 0 Å². The summed E-state index contributed by atoms with van der Waals surface area (Å²) in [6.45, 7) is 13.7. The summed E-state index contributed by atoms with van der Waals surface area (Å²) in [4.78, 5) is 17.8. The average Bonchev–Trinajstić information content (AvgIpc) is 3.13. The molecule has 0 saturated heterocycles. The van der Waals surface area contributed by atoms with Crippen molar-refractivity contribution in [2.75, 3.05) is 0 Å². The van der Waals surface area contributed by atoms with Gasteiger partial charge < -0.3 is 4.57 Å². The molecule has 1 aliphatic heterocycles. The predicted octanol–water partition coefficient (Wildman–Crippen LogP) is 7.45. The molecule has 0 bridgehead atoms. The van der Waals surface area contributed by atoms with E-state index in [2.05, 4.69) is 80.3 Å². The number of aromatic nitrogens is 2. The molecule has 3 nitrogen and oxygen atoms in total. The zero-order valence-electron chi connectivity index (χ0n) is 22.4. The van der Waals surface area contributed by atoms with Gasteiger partial charge in [0.1, 0.15) is 11.5 Å². The highest BCUT2D eigenvalue weighted by molar-refractivity contribution is 5.96. The van der Waals surface area contributed by atoms with E-state index in [0.29, 0.717) is 12.3 Å². The summed E-state index contributed by atoms with van der Waals surface area (Å²) < 4.78 is 2.13. The zero-order chi connectivity index (χ0) is 25.8. The fraction of sp³-hybridized carbons (Fsp3) is 0.333. The molecule has 2 aromatic carbocycles. The lowest BCUT2D eigenvalue weighted by Gasteiger charge is -2.23. The lowest BCUT2D eigenvalue weighted by atomic mass is 9.81. The van der Waals surface area contributed by atoms with Crippen molar-refractivity contribution in [1.29, 1.82) is 0 Å². The fourth-order valence-electron chi connectivity index (χ4n) is 4.80. The number of fused-ring (bicyclic) bond motifs is 1. The minimum absolute atomic E-state index is 0.173. The van der Waals surface area contributed by atoms with Crippen molar-refractivity contribution in [2.45, 2.75) is 66.8 Å². The summed E-state index contributed by atoms with van der Waals surface area (Å²) in [6.07, 6.45) is 9.50. The van der Waals surface area contributed by atoms with Gasteiger partial charge in [-0.3, -0.25) is 4.79 Å². The molecule has 2 unspecified atom stereocenters. The first-order valence-corrected chi connectivity index (χ1v) is 12.9. The van der Waals surface area contributed by atoms with E-state index < -0.39 is 0 Å². The summed E-state index contributed by atoms with van der Waals surface area (Å²) >= 11 is 0. The van der Waals surface area contributed by atoms with Gasteiger partial charge in [-0.2, -0.15) is 0 Å². The molecule has 36 heavy (non-hydrogen) atoms. The van der Waals surface area contributed by atoms with Crippen LogP contribution in [0.2, 0.25) is 0 Å². The van der Waals surface area contributed by atoms with Crippen LogP contribution >= 0.6 is 0 Å². The number of carbonyl (C=O) groups excluding carboxylic acids is 1. The molecule has 3 heteroatoms. The number of imidazole rings is 1. The zero-order valence-corrected chi connectivity index (χ0v) is 22.4. The van der Waals surface area contributed by atoms with Crippen LogP contribution in [0.3, 0.4) is 0 Å². The molecule has 1 aromatic heterocycles. The predicted molar refractivity (Wildman–Crippen MR) is 149 cm³/mol. The lowest BCUT2D eigenvalue weighted by Crippen LogP contribution is -2.14. The Hall–Kier alpha value is -3.64. The summed E-state index contributed by atoms with van der Waals surface area (Å²) in [5.74, 6) is 8.26. The molecule has 0 radical (unpaired) electrons. The maximum atomic E-state index is 13.3. The summed E-state index contributed by atoms with van der Waals surface area (Å²) in [7, 11) is 0. The third-order valence-electron chi connectivity index (χ3n) is 7.34. The molecule has 3 aromatic rings. The molecule has 0 N–H and O–H groups in total. The average molecular weight is 477 g/mol. The van der Waals surface area contributed by atoms with Gasteiger partial charge in [-0.1, -0.05) is 80.3 Å². The summed E-state index contributed by atoms with van der Waals surface area (Å²) in [6, 6.07) is 12.6. The molecular weight excluding hydrogens is 440 g/mol. The highest BCUT2D eigenvalue weighted by Crippen LogP contribution is 2.31. The van der Waals surface area contributed by atoms with E-state index >= 15 is 0 Å². The molecule has 0 fully saturated rings.